The fraction of sp³-hybridized carbons (Fsp3) is 0.120. The van der Waals surface area contributed by atoms with Gasteiger partial charge in [0.15, 0.2) is 15.8 Å². The molecule has 0 radical (unpaired) electrons. The maximum absolute atomic E-state index is 13.0. The van der Waals surface area contributed by atoms with Crippen molar-refractivity contribution in [3.63, 3.8) is 0 Å². The molecule has 0 bridgehead atoms. The molecule has 3 aromatic carbocycles. The van der Waals surface area contributed by atoms with Gasteiger partial charge in [-0.25, -0.2) is 0 Å². The molecule has 172 valence electrons. The Kier molecular flexibility index (Phi) is 6.95. The van der Waals surface area contributed by atoms with E-state index in [0.29, 0.717) is 33.0 Å². The second-order valence-corrected chi connectivity index (χ2v) is 9.15. The number of aryl methyl sites for hydroxylation is 1. The molecule has 0 N–H and O–H groups in total. The highest BCUT2D eigenvalue weighted by atomic mass is 32.2. The van der Waals surface area contributed by atoms with Gasteiger partial charge in [-0.05, 0) is 48.4 Å². The molecule has 0 unspecified atom stereocenters. The number of anilines is 1. The van der Waals surface area contributed by atoms with Crippen LogP contribution in [-0.4, -0.2) is 22.3 Å². The first-order chi connectivity index (χ1) is 16.4. The number of methoxy groups -OCH3 is 1. The number of benzene rings is 3. The lowest BCUT2D eigenvalue weighted by Gasteiger charge is -2.14. The number of carbonyl (C=O) groups excluding carboxylic acids is 1. The van der Waals surface area contributed by atoms with Crippen LogP contribution in [0.4, 0.5) is 11.4 Å². The van der Waals surface area contributed by atoms with Crippen LogP contribution in [0.25, 0.3) is 6.08 Å². The fourth-order valence-corrected chi connectivity index (χ4v) is 4.60. The molecule has 0 aliphatic carbocycles. The number of thioether (sulfide) groups is 1. The molecule has 0 spiro atoms. The van der Waals surface area contributed by atoms with Crippen molar-refractivity contribution in [2.75, 3.05) is 12.0 Å². The normalized spacial score (nSPS) is 14.5. The van der Waals surface area contributed by atoms with Crippen LogP contribution in [0.3, 0.4) is 0 Å². The minimum Gasteiger partial charge on any atom is -0.493 e. The van der Waals surface area contributed by atoms with Gasteiger partial charge in [0, 0.05) is 12.1 Å². The standard InChI is InChI=1S/C25H20N2O5S2/c1-16-3-5-17(6-4-16)15-32-21-12-7-18(13-22(21)31-2)14-23-24(28)26(25(33)34-23)19-8-10-20(11-9-19)27(29)30/h3-14H,15H2,1-2H3/b23-14-. The lowest BCUT2D eigenvalue weighted by molar-refractivity contribution is -0.384. The van der Waals surface area contributed by atoms with Crippen molar-refractivity contribution >= 4 is 51.7 Å². The first kappa shape index (κ1) is 23.5. The lowest BCUT2D eigenvalue weighted by Crippen LogP contribution is -2.27. The summed E-state index contributed by atoms with van der Waals surface area (Å²) < 4.78 is 11.8. The summed E-state index contributed by atoms with van der Waals surface area (Å²) >= 11 is 6.56. The topological polar surface area (TPSA) is 81.9 Å². The van der Waals surface area contributed by atoms with E-state index >= 15 is 0 Å². The quantitative estimate of drug-likeness (QED) is 0.176. The molecule has 0 saturated carbocycles. The van der Waals surface area contributed by atoms with Gasteiger partial charge < -0.3 is 9.47 Å². The summed E-state index contributed by atoms with van der Waals surface area (Å²) in [5.74, 6) is 0.855. The molecular weight excluding hydrogens is 472 g/mol. The average Bonchev–Trinajstić information content (AvgIpc) is 3.11. The number of nitro benzene ring substituents is 1. The first-order valence-corrected chi connectivity index (χ1v) is 11.5. The molecule has 1 aliphatic rings. The molecule has 7 nitrogen and oxygen atoms in total. The molecule has 1 saturated heterocycles. The number of nitrogens with zero attached hydrogens (tertiary/aromatic N) is 2. The van der Waals surface area contributed by atoms with Gasteiger partial charge in [-0.15, -0.1) is 0 Å². The van der Waals surface area contributed by atoms with E-state index in [9.17, 15) is 14.9 Å². The Labute approximate surface area is 206 Å². The SMILES string of the molecule is COc1cc(/C=C2\SC(=S)N(c3ccc([N+](=O)[O-])cc3)C2=O)ccc1OCc1ccc(C)cc1. The molecule has 1 amide bonds. The van der Waals surface area contributed by atoms with Crippen molar-refractivity contribution in [2.45, 2.75) is 13.5 Å². The van der Waals surface area contributed by atoms with Crippen LogP contribution in [0.2, 0.25) is 0 Å². The molecule has 4 rings (SSSR count). The van der Waals surface area contributed by atoms with E-state index in [1.807, 2.05) is 37.3 Å². The van der Waals surface area contributed by atoms with Crippen LogP contribution in [0.15, 0.2) is 71.6 Å². The molecule has 1 fully saturated rings. The van der Waals surface area contributed by atoms with Gasteiger partial charge in [0.05, 0.1) is 22.6 Å². The Morgan fingerprint density at radius 1 is 1.06 bits per heavy atom. The van der Waals surface area contributed by atoms with Gasteiger partial charge in [0.1, 0.15) is 6.61 Å². The second-order valence-electron chi connectivity index (χ2n) is 7.48. The summed E-state index contributed by atoms with van der Waals surface area (Å²) in [6.07, 6.45) is 1.73. The van der Waals surface area contributed by atoms with E-state index in [0.717, 1.165) is 11.1 Å². The van der Waals surface area contributed by atoms with Crippen LogP contribution in [0, 0.1) is 17.0 Å². The Bertz CT molecular complexity index is 1290. The van der Waals surface area contributed by atoms with Gasteiger partial charge in [-0.3, -0.25) is 19.8 Å². The average molecular weight is 493 g/mol. The number of amides is 1. The van der Waals surface area contributed by atoms with E-state index in [1.165, 1.54) is 46.5 Å². The Morgan fingerprint density at radius 3 is 2.41 bits per heavy atom. The second kappa shape index (κ2) is 10.1. The van der Waals surface area contributed by atoms with Crippen molar-refractivity contribution in [2.24, 2.45) is 0 Å². The summed E-state index contributed by atoms with van der Waals surface area (Å²) in [5, 5.41) is 10.9. The summed E-state index contributed by atoms with van der Waals surface area (Å²) in [7, 11) is 1.56. The lowest BCUT2D eigenvalue weighted by atomic mass is 10.1. The van der Waals surface area contributed by atoms with Crippen molar-refractivity contribution in [3.05, 3.63) is 98.4 Å². The third-order valence-corrected chi connectivity index (χ3v) is 6.41. The highest BCUT2D eigenvalue weighted by molar-refractivity contribution is 8.27. The maximum Gasteiger partial charge on any atom is 0.270 e. The Balaban J connectivity index is 1.51. The monoisotopic (exact) mass is 492 g/mol. The van der Waals surface area contributed by atoms with Crippen molar-refractivity contribution < 1.29 is 19.2 Å². The molecule has 1 heterocycles. The number of rotatable bonds is 7. The largest absolute Gasteiger partial charge is 0.493 e. The summed E-state index contributed by atoms with van der Waals surface area (Å²) in [6.45, 7) is 2.44. The molecule has 0 atom stereocenters. The zero-order chi connectivity index (χ0) is 24.2. The van der Waals surface area contributed by atoms with Gasteiger partial charge in [0.25, 0.3) is 11.6 Å². The van der Waals surface area contributed by atoms with Gasteiger partial charge in [-0.2, -0.15) is 0 Å². The zero-order valence-corrected chi connectivity index (χ0v) is 20.0. The number of hydrogen-bond acceptors (Lipinski definition) is 7. The van der Waals surface area contributed by atoms with E-state index in [1.54, 1.807) is 25.3 Å². The summed E-state index contributed by atoms with van der Waals surface area (Å²) in [4.78, 5) is 25.2. The molecule has 9 heteroatoms. The molecule has 1 aliphatic heterocycles. The molecular formula is C25H20N2O5S2. The third-order valence-electron chi connectivity index (χ3n) is 5.11. The van der Waals surface area contributed by atoms with Crippen LogP contribution >= 0.6 is 24.0 Å². The van der Waals surface area contributed by atoms with Gasteiger partial charge >= 0.3 is 0 Å². The number of hydrogen-bond donors (Lipinski definition) is 0. The number of nitro groups is 1. The molecule has 0 aromatic heterocycles. The minimum atomic E-state index is -0.491. The van der Waals surface area contributed by atoms with Crippen molar-refractivity contribution in [3.8, 4) is 11.5 Å². The van der Waals surface area contributed by atoms with Crippen LogP contribution in [0.1, 0.15) is 16.7 Å². The molecule has 3 aromatic rings. The van der Waals surface area contributed by atoms with Gasteiger partial charge in [-0.1, -0.05) is 59.9 Å². The van der Waals surface area contributed by atoms with Crippen molar-refractivity contribution in [1.29, 1.82) is 0 Å². The fourth-order valence-electron chi connectivity index (χ4n) is 3.30. The summed E-state index contributed by atoms with van der Waals surface area (Å²) in [6, 6.07) is 19.2. The highest BCUT2D eigenvalue weighted by Crippen LogP contribution is 2.37. The maximum atomic E-state index is 13.0. The Hall–Kier alpha value is -3.69. The molecule has 34 heavy (non-hydrogen) atoms. The van der Waals surface area contributed by atoms with Gasteiger partial charge in [0.2, 0.25) is 0 Å². The third kappa shape index (κ3) is 5.11. The van der Waals surface area contributed by atoms with Crippen LogP contribution in [-0.2, 0) is 11.4 Å². The number of carbonyl (C=O) groups is 1. The predicted molar refractivity (Wildman–Crippen MR) is 137 cm³/mol. The van der Waals surface area contributed by atoms with Crippen LogP contribution in [0.5, 0.6) is 11.5 Å². The highest BCUT2D eigenvalue weighted by Gasteiger charge is 2.33. The number of ether oxygens (including phenoxy) is 2. The number of thiocarbonyl (C=S) groups is 1. The first-order valence-electron chi connectivity index (χ1n) is 10.2. The predicted octanol–water partition coefficient (Wildman–Crippen LogP) is 5.90. The van der Waals surface area contributed by atoms with E-state index in [4.69, 9.17) is 21.7 Å². The van der Waals surface area contributed by atoms with Crippen LogP contribution < -0.4 is 14.4 Å². The summed E-state index contributed by atoms with van der Waals surface area (Å²) in [5.41, 5.74) is 3.41. The zero-order valence-electron chi connectivity index (χ0n) is 18.4. The van der Waals surface area contributed by atoms with Crippen molar-refractivity contribution in [1.82, 2.24) is 0 Å². The Morgan fingerprint density at radius 2 is 1.76 bits per heavy atom. The van der Waals surface area contributed by atoms with E-state index in [-0.39, 0.29) is 11.6 Å². The smallest absolute Gasteiger partial charge is 0.270 e. The number of non-ortho nitro benzene ring substituents is 1. The minimum absolute atomic E-state index is 0.0542. The van der Waals surface area contributed by atoms with E-state index in [2.05, 4.69) is 0 Å². The van der Waals surface area contributed by atoms with E-state index < -0.39 is 4.92 Å².